The fourth-order valence-electron chi connectivity index (χ4n) is 2.17. The molecule has 2 rings (SSSR count). The van der Waals surface area contributed by atoms with Crippen LogP contribution in [0.25, 0.3) is 11.2 Å². The Morgan fingerprint density at radius 2 is 1.93 bits per heavy atom. The molecule has 2 aromatic rings. The number of carbonyl (C=O) groups excluding carboxylic acids is 4. The van der Waals surface area contributed by atoms with Crippen LogP contribution in [0.4, 0.5) is 11.8 Å². The average Bonchev–Trinajstić information content (AvgIpc) is 3.12. The van der Waals surface area contributed by atoms with Crippen molar-refractivity contribution in [3.63, 3.8) is 0 Å². The lowest BCUT2D eigenvalue weighted by molar-refractivity contribution is -0.150. The van der Waals surface area contributed by atoms with Crippen LogP contribution in [0.5, 0.6) is 0 Å². The average molecular weight is 393 g/mol. The number of nitrogens with one attached hydrogen (secondary N) is 4. The molecule has 28 heavy (non-hydrogen) atoms. The minimum Gasteiger partial charge on any atom is -0.469 e. The highest BCUT2D eigenvalue weighted by atomic mass is 16.5. The molecule has 0 aromatic carbocycles. The molecule has 0 bridgehead atoms. The lowest BCUT2D eigenvalue weighted by Crippen LogP contribution is -2.45. The molecule has 0 aliphatic carbocycles. The maximum atomic E-state index is 12.2. The van der Waals surface area contributed by atoms with Crippen LogP contribution in [-0.2, 0) is 28.7 Å². The van der Waals surface area contributed by atoms with Gasteiger partial charge in [-0.3, -0.25) is 19.7 Å². The zero-order valence-electron chi connectivity index (χ0n) is 15.4. The number of H-pyrrole nitrogens is 1. The van der Waals surface area contributed by atoms with Crippen LogP contribution < -0.4 is 16.0 Å². The number of hydrogen-bond acceptors (Lipinski definition) is 10. The van der Waals surface area contributed by atoms with Crippen LogP contribution in [0, 0.1) is 0 Å². The van der Waals surface area contributed by atoms with Gasteiger partial charge in [0.25, 0.3) is 0 Å². The van der Waals surface area contributed by atoms with E-state index in [9.17, 15) is 19.2 Å². The van der Waals surface area contributed by atoms with Crippen LogP contribution in [0.3, 0.4) is 0 Å². The van der Waals surface area contributed by atoms with Crippen molar-refractivity contribution in [2.45, 2.75) is 19.4 Å². The van der Waals surface area contributed by atoms with Crippen molar-refractivity contribution in [2.24, 2.45) is 0 Å². The van der Waals surface area contributed by atoms with Gasteiger partial charge < -0.3 is 25.1 Å². The number of amides is 2. The fourth-order valence-corrected chi connectivity index (χ4v) is 2.17. The number of hydrogen-bond donors (Lipinski definition) is 4. The first-order valence-electron chi connectivity index (χ1n) is 8.00. The van der Waals surface area contributed by atoms with E-state index in [2.05, 4.69) is 45.4 Å². The maximum Gasteiger partial charge on any atom is 0.328 e. The first-order valence-corrected chi connectivity index (χ1v) is 8.00. The molecule has 150 valence electrons. The molecule has 13 heteroatoms. The fraction of sp³-hybridized carbons (Fsp3) is 0.400. The Balaban J connectivity index is 2.08. The number of fused-ring (bicyclic) bond motifs is 1. The standard InChI is InChI=1S/C15H19N7O6/c1-7(23)19-15-21-12(11-13(22-15)18-6-17-11)16-5-9(24)20-8(14(26)28-3)4-10(25)27-2/h6,8H,4-5H2,1-3H3,(H,20,24)(H3,16,17,18,19,21,22,23)/t8-/m0/s1. The zero-order valence-corrected chi connectivity index (χ0v) is 15.4. The number of esters is 2. The summed E-state index contributed by atoms with van der Waals surface area (Å²) >= 11 is 0. The Kier molecular flexibility index (Phi) is 6.79. The van der Waals surface area contributed by atoms with E-state index in [1.807, 2.05) is 0 Å². The van der Waals surface area contributed by atoms with Gasteiger partial charge in [0.1, 0.15) is 11.6 Å². The summed E-state index contributed by atoms with van der Waals surface area (Å²) in [5.41, 5.74) is 0.695. The summed E-state index contributed by atoms with van der Waals surface area (Å²) in [4.78, 5) is 61.5. The van der Waals surface area contributed by atoms with Crippen molar-refractivity contribution in [2.75, 3.05) is 31.4 Å². The predicted octanol–water partition coefficient (Wildman–Crippen LogP) is -1.06. The van der Waals surface area contributed by atoms with Crippen molar-refractivity contribution in [3.8, 4) is 0 Å². The maximum absolute atomic E-state index is 12.2. The van der Waals surface area contributed by atoms with Crippen LogP contribution >= 0.6 is 0 Å². The van der Waals surface area contributed by atoms with Gasteiger partial charge in [-0.1, -0.05) is 0 Å². The predicted molar refractivity (Wildman–Crippen MR) is 95.1 cm³/mol. The Morgan fingerprint density at radius 1 is 1.18 bits per heavy atom. The molecular formula is C15H19N7O6. The van der Waals surface area contributed by atoms with Crippen LogP contribution in [0.15, 0.2) is 6.33 Å². The summed E-state index contributed by atoms with van der Waals surface area (Å²) in [5, 5.41) is 7.57. The Hall–Kier alpha value is -3.77. The Labute approximate surface area is 158 Å². The topological polar surface area (TPSA) is 177 Å². The van der Waals surface area contributed by atoms with E-state index in [0.717, 1.165) is 14.2 Å². The molecule has 0 fully saturated rings. The van der Waals surface area contributed by atoms with Crippen molar-refractivity contribution >= 4 is 46.7 Å². The molecule has 4 N–H and O–H groups in total. The summed E-state index contributed by atoms with van der Waals surface area (Å²) in [5.74, 6) is -2.23. The summed E-state index contributed by atoms with van der Waals surface area (Å²) in [6, 6.07) is -1.20. The highest BCUT2D eigenvalue weighted by Crippen LogP contribution is 2.18. The summed E-state index contributed by atoms with van der Waals surface area (Å²) in [6.07, 6.45) is 1.01. The second kappa shape index (κ2) is 9.25. The van der Waals surface area contributed by atoms with Gasteiger partial charge in [-0.05, 0) is 0 Å². The van der Waals surface area contributed by atoms with E-state index in [-0.39, 0.29) is 36.3 Å². The van der Waals surface area contributed by atoms with Crippen LogP contribution in [-0.4, -0.2) is 70.5 Å². The van der Waals surface area contributed by atoms with E-state index >= 15 is 0 Å². The van der Waals surface area contributed by atoms with E-state index in [0.29, 0.717) is 5.52 Å². The summed E-state index contributed by atoms with van der Waals surface area (Å²) in [7, 11) is 2.30. The van der Waals surface area contributed by atoms with E-state index in [1.165, 1.54) is 13.3 Å². The van der Waals surface area contributed by atoms with Gasteiger partial charge in [-0.25, -0.2) is 9.78 Å². The normalized spacial score (nSPS) is 11.4. The van der Waals surface area contributed by atoms with E-state index in [4.69, 9.17) is 0 Å². The molecule has 2 heterocycles. The number of imidazole rings is 1. The number of carbonyl (C=O) groups is 4. The number of methoxy groups -OCH3 is 2. The highest BCUT2D eigenvalue weighted by Gasteiger charge is 2.25. The number of ether oxygens (including phenoxy) is 2. The molecule has 2 amide bonds. The molecule has 0 unspecified atom stereocenters. The highest BCUT2D eigenvalue weighted by molar-refractivity contribution is 5.92. The molecule has 0 spiro atoms. The third-order valence-corrected chi connectivity index (χ3v) is 3.41. The van der Waals surface area contributed by atoms with Crippen LogP contribution in [0.1, 0.15) is 13.3 Å². The minimum atomic E-state index is -1.20. The molecular weight excluding hydrogens is 374 g/mol. The zero-order chi connectivity index (χ0) is 20.7. The van der Waals surface area contributed by atoms with Gasteiger partial charge in [0.2, 0.25) is 17.8 Å². The van der Waals surface area contributed by atoms with E-state index in [1.54, 1.807) is 0 Å². The minimum absolute atomic E-state index is 0.00753. The van der Waals surface area contributed by atoms with Gasteiger partial charge in [0.05, 0.1) is 33.5 Å². The molecule has 0 radical (unpaired) electrons. The number of anilines is 2. The summed E-state index contributed by atoms with van der Waals surface area (Å²) in [6.45, 7) is 1.01. The first-order chi connectivity index (χ1) is 13.3. The van der Waals surface area contributed by atoms with Gasteiger partial charge in [0.15, 0.2) is 11.5 Å². The molecule has 1 atom stereocenters. The molecule has 0 saturated heterocycles. The first kappa shape index (κ1) is 20.5. The molecule has 0 aliphatic heterocycles. The SMILES string of the molecule is COC(=O)C[C@H](NC(=O)CNc1nc(NC(C)=O)nc2nc[nH]c12)C(=O)OC. The molecule has 0 aliphatic rings. The lowest BCUT2D eigenvalue weighted by Gasteiger charge is -2.16. The second-order valence-corrected chi connectivity index (χ2v) is 5.46. The third kappa shape index (κ3) is 5.36. The number of rotatable bonds is 8. The van der Waals surface area contributed by atoms with Crippen molar-refractivity contribution < 1.29 is 28.7 Å². The number of aromatic amines is 1. The lowest BCUT2D eigenvalue weighted by atomic mass is 10.2. The smallest absolute Gasteiger partial charge is 0.328 e. The second-order valence-electron chi connectivity index (χ2n) is 5.46. The van der Waals surface area contributed by atoms with Gasteiger partial charge >= 0.3 is 11.9 Å². The molecule has 2 aromatic heterocycles. The van der Waals surface area contributed by atoms with Crippen molar-refractivity contribution in [3.05, 3.63) is 6.33 Å². The number of aromatic nitrogens is 4. The van der Waals surface area contributed by atoms with Crippen LogP contribution in [0.2, 0.25) is 0 Å². The molecule has 0 saturated carbocycles. The van der Waals surface area contributed by atoms with Gasteiger partial charge in [0, 0.05) is 6.92 Å². The largest absolute Gasteiger partial charge is 0.469 e. The van der Waals surface area contributed by atoms with Gasteiger partial charge in [-0.2, -0.15) is 9.97 Å². The Morgan fingerprint density at radius 3 is 2.57 bits per heavy atom. The summed E-state index contributed by atoms with van der Waals surface area (Å²) < 4.78 is 9.06. The Bertz CT molecular complexity index is 896. The third-order valence-electron chi connectivity index (χ3n) is 3.41. The van der Waals surface area contributed by atoms with E-state index < -0.39 is 23.9 Å². The monoisotopic (exact) mass is 393 g/mol. The van der Waals surface area contributed by atoms with Crippen molar-refractivity contribution in [1.82, 2.24) is 25.3 Å². The van der Waals surface area contributed by atoms with Gasteiger partial charge in [-0.15, -0.1) is 0 Å². The number of nitrogens with zero attached hydrogens (tertiary/aromatic N) is 3. The molecule has 13 nitrogen and oxygen atoms in total. The quantitative estimate of drug-likeness (QED) is 0.404. The van der Waals surface area contributed by atoms with Crippen molar-refractivity contribution in [1.29, 1.82) is 0 Å².